The van der Waals surface area contributed by atoms with E-state index in [4.69, 9.17) is 4.74 Å². The van der Waals surface area contributed by atoms with Crippen LogP contribution in [0.25, 0.3) is 0 Å². The van der Waals surface area contributed by atoms with Gasteiger partial charge in [0, 0.05) is 24.3 Å². The number of rotatable bonds is 3. The molecular formula is C14H17ClN4O2S. The number of aryl methyl sites for hydroxylation is 1. The molecule has 1 amide bonds. The predicted octanol–water partition coefficient (Wildman–Crippen LogP) is 2.26. The molecule has 118 valence electrons. The molecule has 8 heteroatoms. The van der Waals surface area contributed by atoms with E-state index in [1.54, 1.807) is 0 Å². The minimum Gasteiger partial charge on any atom is -0.492 e. The highest BCUT2D eigenvalue weighted by Gasteiger charge is 2.16. The van der Waals surface area contributed by atoms with Gasteiger partial charge in [-0.2, -0.15) is 0 Å². The van der Waals surface area contributed by atoms with Gasteiger partial charge in [0.2, 0.25) is 0 Å². The topological polar surface area (TPSA) is 76.1 Å². The highest BCUT2D eigenvalue weighted by molar-refractivity contribution is 7.08. The van der Waals surface area contributed by atoms with Gasteiger partial charge in [0.15, 0.2) is 0 Å². The molecule has 2 N–H and O–H groups in total. The number of amides is 1. The molecule has 1 aliphatic rings. The summed E-state index contributed by atoms with van der Waals surface area (Å²) in [6.45, 7) is 4.17. The molecule has 1 aromatic heterocycles. The number of carbonyl (C=O) groups excluding carboxylic acids is 1. The molecule has 0 radical (unpaired) electrons. The van der Waals surface area contributed by atoms with Gasteiger partial charge in [-0.25, -0.2) is 0 Å². The van der Waals surface area contributed by atoms with Crippen molar-refractivity contribution in [1.29, 1.82) is 0 Å². The summed E-state index contributed by atoms with van der Waals surface area (Å²) in [5.41, 5.74) is 2.53. The minimum absolute atomic E-state index is 0. The zero-order valence-electron chi connectivity index (χ0n) is 12.1. The SMILES string of the molecule is CCc1nnsc1C(=O)Nc1ccc2c(c1)CNCCO2.Cl. The maximum Gasteiger partial charge on any atom is 0.269 e. The van der Waals surface area contributed by atoms with Crippen LogP contribution in [-0.2, 0) is 13.0 Å². The first-order valence-corrected chi connectivity index (χ1v) is 7.64. The van der Waals surface area contributed by atoms with Crippen molar-refractivity contribution in [3.8, 4) is 5.75 Å². The van der Waals surface area contributed by atoms with Crippen LogP contribution in [0.1, 0.15) is 27.9 Å². The van der Waals surface area contributed by atoms with E-state index in [-0.39, 0.29) is 18.3 Å². The molecule has 0 saturated heterocycles. The van der Waals surface area contributed by atoms with Crippen LogP contribution >= 0.6 is 23.9 Å². The monoisotopic (exact) mass is 340 g/mol. The normalized spacial score (nSPS) is 13.3. The van der Waals surface area contributed by atoms with E-state index in [9.17, 15) is 4.79 Å². The molecule has 2 heterocycles. The van der Waals surface area contributed by atoms with Gasteiger partial charge >= 0.3 is 0 Å². The molecule has 0 atom stereocenters. The van der Waals surface area contributed by atoms with Gasteiger partial charge in [0.1, 0.15) is 17.2 Å². The van der Waals surface area contributed by atoms with E-state index in [0.29, 0.717) is 17.9 Å². The summed E-state index contributed by atoms with van der Waals surface area (Å²) in [5, 5.41) is 10.1. The molecule has 2 aromatic rings. The van der Waals surface area contributed by atoms with Gasteiger partial charge in [-0.05, 0) is 36.2 Å². The molecule has 0 spiro atoms. The first-order valence-electron chi connectivity index (χ1n) is 6.87. The molecule has 0 aliphatic carbocycles. The van der Waals surface area contributed by atoms with Gasteiger partial charge in [-0.15, -0.1) is 17.5 Å². The van der Waals surface area contributed by atoms with Gasteiger partial charge < -0.3 is 15.4 Å². The summed E-state index contributed by atoms with van der Waals surface area (Å²) in [6.07, 6.45) is 0.696. The standard InChI is InChI=1S/C14H16N4O2S.ClH/c1-2-11-13(21-18-17-11)14(19)16-10-3-4-12-9(7-10)8-15-5-6-20-12;/h3-4,7,15H,2,5-6,8H2,1H3,(H,16,19);1H. The van der Waals surface area contributed by atoms with Crippen LogP contribution < -0.4 is 15.4 Å². The van der Waals surface area contributed by atoms with Crippen LogP contribution in [0.5, 0.6) is 5.75 Å². The highest BCUT2D eigenvalue weighted by atomic mass is 35.5. The maximum absolute atomic E-state index is 12.3. The number of nitrogens with zero attached hydrogens (tertiary/aromatic N) is 2. The molecule has 0 saturated carbocycles. The lowest BCUT2D eigenvalue weighted by Gasteiger charge is -2.10. The lowest BCUT2D eigenvalue weighted by molar-refractivity contribution is 0.102. The van der Waals surface area contributed by atoms with Crippen LogP contribution in [0.4, 0.5) is 5.69 Å². The van der Waals surface area contributed by atoms with Crippen molar-refractivity contribution < 1.29 is 9.53 Å². The van der Waals surface area contributed by atoms with E-state index in [0.717, 1.165) is 47.3 Å². The van der Waals surface area contributed by atoms with Crippen molar-refractivity contribution in [3.63, 3.8) is 0 Å². The van der Waals surface area contributed by atoms with Crippen molar-refractivity contribution in [1.82, 2.24) is 14.9 Å². The van der Waals surface area contributed by atoms with Crippen LogP contribution in [0.2, 0.25) is 0 Å². The summed E-state index contributed by atoms with van der Waals surface area (Å²) >= 11 is 1.12. The van der Waals surface area contributed by atoms with Crippen LogP contribution in [-0.4, -0.2) is 28.6 Å². The number of ether oxygens (including phenoxy) is 1. The molecule has 1 aromatic carbocycles. The van der Waals surface area contributed by atoms with Crippen molar-refractivity contribution in [3.05, 3.63) is 34.3 Å². The van der Waals surface area contributed by atoms with Gasteiger partial charge in [-0.3, -0.25) is 4.79 Å². The Hall–Kier alpha value is -1.70. The third kappa shape index (κ3) is 3.55. The second kappa shape index (κ2) is 7.53. The molecule has 0 bridgehead atoms. The molecule has 6 nitrogen and oxygen atoms in total. The number of hydrogen-bond donors (Lipinski definition) is 2. The fourth-order valence-electron chi connectivity index (χ4n) is 2.19. The lowest BCUT2D eigenvalue weighted by atomic mass is 10.1. The summed E-state index contributed by atoms with van der Waals surface area (Å²) in [6, 6.07) is 5.68. The van der Waals surface area contributed by atoms with E-state index < -0.39 is 0 Å². The highest BCUT2D eigenvalue weighted by Crippen LogP contribution is 2.25. The number of carbonyl (C=O) groups is 1. The fourth-order valence-corrected chi connectivity index (χ4v) is 2.84. The van der Waals surface area contributed by atoms with Crippen LogP contribution in [0.15, 0.2) is 18.2 Å². The van der Waals surface area contributed by atoms with Crippen molar-refractivity contribution in [2.75, 3.05) is 18.5 Å². The predicted molar refractivity (Wildman–Crippen MR) is 88.1 cm³/mol. The van der Waals surface area contributed by atoms with E-state index in [1.807, 2.05) is 25.1 Å². The van der Waals surface area contributed by atoms with Crippen molar-refractivity contribution in [2.24, 2.45) is 0 Å². The quantitative estimate of drug-likeness (QED) is 0.896. The molecule has 22 heavy (non-hydrogen) atoms. The fraction of sp³-hybridized carbons (Fsp3) is 0.357. The number of anilines is 1. The summed E-state index contributed by atoms with van der Waals surface area (Å²) in [5.74, 6) is 0.705. The largest absolute Gasteiger partial charge is 0.492 e. The number of fused-ring (bicyclic) bond motifs is 1. The molecular weight excluding hydrogens is 324 g/mol. The number of benzene rings is 1. The third-order valence-corrected chi connectivity index (χ3v) is 4.03. The number of nitrogens with one attached hydrogen (secondary N) is 2. The second-order valence-corrected chi connectivity index (χ2v) is 5.46. The Morgan fingerprint density at radius 1 is 1.50 bits per heavy atom. The van der Waals surface area contributed by atoms with Gasteiger partial charge in [0.05, 0.1) is 5.69 Å². The molecule has 0 fully saturated rings. The van der Waals surface area contributed by atoms with Crippen molar-refractivity contribution in [2.45, 2.75) is 19.9 Å². The van der Waals surface area contributed by atoms with E-state index in [2.05, 4.69) is 20.2 Å². The van der Waals surface area contributed by atoms with Gasteiger partial charge in [0.25, 0.3) is 5.91 Å². The Morgan fingerprint density at radius 2 is 2.36 bits per heavy atom. The van der Waals surface area contributed by atoms with Crippen molar-refractivity contribution >= 4 is 35.5 Å². The second-order valence-electron chi connectivity index (χ2n) is 4.70. The van der Waals surface area contributed by atoms with Crippen LogP contribution in [0.3, 0.4) is 0 Å². The minimum atomic E-state index is -0.163. The Balaban J connectivity index is 0.00000176. The summed E-state index contributed by atoms with van der Waals surface area (Å²) in [7, 11) is 0. The smallest absolute Gasteiger partial charge is 0.269 e. The maximum atomic E-state index is 12.3. The zero-order chi connectivity index (χ0) is 14.7. The number of aromatic nitrogens is 2. The zero-order valence-corrected chi connectivity index (χ0v) is 13.7. The molecule has 1 aliphatic heterocycles. The Kier molecular flexibility index (Phi) is 5.70. The average Bonchev–Trinajstić information content (AvgIpc) is 2.86. The average molecular weight is 341 g/mol. The van der Waals surface area contributed by atoms with Crippen LogP contribution in [0, 0.1) is 0 Å². The Morgan fingerprint density at radius 3 is 3.18 bits per heavy atom. The summed E-state index contributed by atoms with van der Waals surface area (Å²) < 4.78 is 9.46. The van der Waals surface area contributed by atoms with E-state index >= 15 is 0 Å². The first kappa shape index (κ1) is 16.7. The Bertz CT molecular complexity index is 662. The molecule has 0 unspecified atom stereocenters. The molecule has 3 rings (SSSR count). The first-order chi connectivity index (χ1) is 10.3. The third-order valence-electron chi connectivity index (χ3n) is 3.27. The number of halogens is 1. The van der Waals surface area contributed by atoms with E-state index in [1.165, 1.54) is 0 Å². The van der Waals surface area contributed by atoms with Gasteiger partial charge in [-0.1, -0.05) is 11.4 Å². The Labute approximate surface area is 138 Å². The summed E-state index contributed by atoms with van der Waals surface area (Å²) in [4.78, 5) is 12.8. The number of hydrogen-bond acceptors (Lipinski definition) is 6. The lowest BCUT2D eigenvalue weighted by Crippen LogP contribution is -2.16.